The topological polar surface area (TPSA) is 49.0 Å². The normalized spacial score (nSPS) is 15.8. The van der Waals surface area contributed by atoms with Crippen LogP contribution in [0.2, 0.25) is 0 Å². The van der Waals surface area contributed by atoms with Crippen LogP contribution in [0.15, 0.2) is 6.20 Å². The smallest absolute Gasteiger partial charge is 0.322 e. The predicted octanol–water partition coefficient (Wildman–Crippen LogP) is 0.907. The SMILES string of the molecule is CC(F)(F)C(=O)N1Cc2cn[nH]c2C1. The fourth-order valence-electron chi connectivity index (χ4n) is 1.48. The molecule has 1 aromatic rings. The Morgan fingerprint density at radius 1 is 1.64 bits per heavy atom. The van der Waals surface area contributed by atoms with Gasteiger partial charge in [-0.1, -0.05) is 0 Å². The molecule has 0 atom stereocenters. The minimum Gasteiger partial charge on any atom is -0.327 e. The highest BCUT2D eigenvalue weighted by Crippen LogP contribution is 2.25. The number of nitrogens with one attached hydrogen (secondary N) is 1. The zero-order valence-corrected chi connectivity index (χ0v) is 7.55. The molecule has 0 unspecified atom stereocenters. The van der Waals surface area contributed by atoms with Gasteiger partial charge in [0.15, 0.2) is 0 Å². The lowest BCUT2D eigenvalue weighted by Gasteiger charge is -2.19. The van der Waals surface area contributed by atoms with Crippen molar-refractivity contribution in [2.75, 3.05) is 0 Å². The molecule has 0 saturated carbocycles. The summed E-state index contributed by atoms with van der Waals surface area (Å²) in [7, 11) is 0. The molecule has 1 amide bonds. The molecule has 2 rings (SSSR count). The maximum absolute atomic E-state index is 12.7. The van der Waals surface area contributed by atoms with Gasteiger partial charge in [0.05, 0.1) is 18.4 Å². The molecule has 0 spiro atoms. The molecule has 0 aromatic carbocycles. The van der Waals surface area contributed by atoms with E-state index >= 15 is 0 Å². The van der Waals surface area contributed by atoms with Crippen molar-refractivity contribution < 1.29 is 13.6 Å². The number of alkyl halides is 2. The zero-order valence-electron chi connectivity index (χ0n) is 7.55. The number of carbonyl (C=O) groups is 1. The maximum Gasteiger partial charge on any atom is 0.322 e. The van der Waals surface area contributed by atoms with Crippen molar-refractivity contribution in [3.8, 4) is 0 Å². The van der Waals surface area contributed by atoms with Gasteiger partial charge in [-0.2, -0.15) is 13.9 Å². The van der Waals surface area contributed by atoms with Crippen LogP contribution in [0.4, 0.5) is 8.78 Å². The quantitative estimate of drug-likeness (QED) is 0.734. The molecular weight excluding hydrogens is 192 g/mol. The van der Waals surface area contributed by atoms with Gasteiger partial charge < -0.3 is 4.90 Å². The average molecular weight is 201 g/mol. The summed E-state index contributed by atoms with van der Waals surface area (Å²) in [5, 5.41) is 6.41. The highest BCUT2D eigenvalue weighted by Gasteiger charge is 2.39. The fourth-order valence-corrected chi connectivity index (χ4v) is 1.48. The molecule has 1 aliphatic rings. The van der Waals surface area contributed by atoms with Crippen LogP contribution in [0.5, 0.6) is 0 Å². The van der Waals surface area contributed by atoms with Crippen molar-refractivity contribution in [3.05, 3.63) is 17.5 Å². The molecule has 14 heavy (non-hydrogen) atoms. The Balaban J connectivity index is 2.12. The summed E-state index contributed by atoms with van der Waals surface area (Å²) in [6.07, 6.45) is 1.55. The summed E-state index contributed by atoms with van der Waals surface area (Å²) >= 11 is 0. The molecule has 1 aromatic heterocycles. The van der Waals surface area contributed by atoms with E-state index in [4.69, 9.17) is 0 Å². The molecule has 0 radical (unpaired) electrons. The summed E-state index contributed by atoms with van der Waals surface area (Å²) in [5.74, 6) is -4.43. The summed E-state index contributed by atoms with van der Waals surface area (Å²) in [6, 6.07) is 0. The molecular formula is C8H9F2N3O. The number of aromatic amines is 1. The maximum atomic E-state index is 12.7. The molecule has 0 saturated heterocycles. The van der Waals surface area contributed by atoms with Crippen molar-refractivity contribution in [1.29, 1.82) is 0 Å². The Morgan fingerprint density at radius 2 is 2.36 bits per heavy atom. The second-order valence-electron chi connectivity index (χ2n) is 3.42. The van der Waals surface area contributed by atoms with E-state index in [0.29, 0.717) is 6.92 Å². The number of amides is 1. The number of halogens is 2. The largest absolute Gasteiger partial charge is 0.327 e. The molecule has 6 heteroatoms. The van der Waals surface area contributed by atoms with Crippen molar-refractivity contribution in [2.24, 2.45) is 0 Å². The van der Waals surface area contributed by atoms with Crippen LogP contribution in [0.25, 0.3) is 0 Å². The minimum atomic E-state index is -3.29. The highest BCUT2D eigenvalue weighted by molar-refractivity contribution is 5.83. The van der Waals surface area contributed by atoms with Gasteiger partial charge in [0.1, 0.15) is 0 Å². The number of hydrogen-bond acceptors (Lipinski definition) is 2. The summed E-state index contributed by atoms with van der Waals surface area (Å²) in [4.78, 5) is 12.3. The molecule has 76 valence electrons. The predicted molar refractivity (Wildman–Crippen MR) is 43.5 cm³/mol. The van der Waals surface area contributed by atoms with Crippen LogP contribution >= 0.6 is 0 Å². The minimum absolute atomic E-state index is 0.192. The molecule has 1 N–H and O–H groups in total. The van der Waals surface area contributed by atoms with Crippen molar-refractivity contribution in [3.63, 3.8) is 0 Å². The van der Waals surface area contributed by atoms with Gasteiger partial charge in [0, 0.05) is 19.0 Å². The number of hydrogen-bond donors (Lipinski definition) is 1. The van der Waals surface area contributed by atoms with Gasteiger partial charge in [0.2, 0.25) is 0 Å². The lowest BCUT2D eigenvalue weighted by Crippen LogP contribution is -2.38. The number of fused-ring (bicyclic) bond motifs is 1. The summed E-state index contributed by atoms with van der Waals surface area (Å²) < 4.78 is 25.4. The van der Waals surface area contributed by atoms with E-state index in [1.165, 1.54) is 0 Å². The first kappa shape index (κ1) is 9.11. The lowest BCUT2D eigenvalue weighted by atomic mass is 10.3. The van der Waals surface area contributed by atoms with Gasteiger partial charge >= 0.3 is 5.92 Å². The van der Waals surface area contributed by atoms with Gasteiger partial charge in [0.25, 0.3) is 5.91 Å². The van der Waals surface area contributed by atoms with Crippen molar-refractivity contribution >= 4 is 5.91 Å². The third-order valence-corrected chi connectivity index (χ3v) is 2.18. The first-order chi connectivity index (χ1) is 6.48. The average Bonchev–Trinajstić information content (AvgIpc) is 2.58. The van der Waals surface area contributed by atoms with Crippen LogP contribution in [-0.2, 0) is 17.9 Å². The monoisotopic (exact) mass is 201 g/mol. The lowest BCUT2D eigenvalue weighted by molar-refractivity contribution is -0.155. The second-order valence-corrected chi connectivity index (χ2v) is 3.42. The summed E-state index contributed by atoms with van der Waals surface area (Å²) in [5.41, 5.74) is 1.55. The first-order valence-electron chi connectivity index (χ1n) is 4.17. The number of rotatable bonds is 1. The first-order valence-corrected chi connectivity index (χ1v) is 4.17. The van der Waals surface area contributed by atoms with Gasteiger partial charge in [-0.25, -0.2) is 0 Å². The van der Waals surface area contributed by atoms with Gasteiger partial charge in [-0.3, -0.25) is 9.89 Å². The Hall–Kier alpha value is -1.46. The van der Waals surface area contributed by atoms with Crippen LogP contribution in [0.3, 0.4) is 0 Å². The third kappa shape index (κ3) is 1.36. The molecule has 4 nitrogen and oxygen atoms in total. The number of aromatic nitrogens is 2. The summed E-state index contributed by atoms with van der Waals surface area (Å²) in [6.45, 7) is 1.02. The van der Waals surface area contributed by atoms with Crippen LogP contribution in [0.1, 0.15) is 18.2 Å². The van der Waals surface area contributed by atoms with E-state index in [2.05, 4.69) is 10.2 Å². The second kappa shape index (κ2) is 2.76. The molecule has 0 fully saturated rings. The Labute approximate surface area is 78.9 Å². The third-order valence-electron chi connectivity index (χ3n) is 2.18. The molecule has 2 heterocycles. The Kier molecular flexibility index (Phi) is 1.80. The van der Waals surface area contributed by atoms with E-state index in [1.807, 2.05) is 0 Å². The number of nitrogens with zero attached hydrogens (tertiary/aromatic N) is 2. The Morgan fingerprint density at radius 3 is 2.93 bits per heavy atom. The van der Waals surface area contributed by atoms with Crippen molar-refractivity contribution in [2.45, 2.75) is 25.9 Å². The zero-order chi connectivity index (χ0) is 10.3. The van der Waals surface area contributed by atoms with E-state index in [-0.39, 0.29) is 13.1 Å². The van der Waals surface area contributed by atoms with E-state index in [1.54, 1.807) is 6.20 Å². The van der Waals surface area contributed by atoms with Crippen LogP contribution < -0.4 is 0 Å². The van der Waals surface area contributed by atoms with Crippen LogP contribution in [-0.4, -0.2) is 26.9 Å². The van der Waals surface area contributed by atoms with E-state index in [9.17, 15) is 13.6 Å². The van der Waals surface area contributed by atoms with Gasteiger partial charge in [-0.15, -0.1) is 0 Å². The highest BCUT2D eigenvalue weighted by atomic mass is 19.3. The van der Waals surface area contributed by atoms with Crippen molar-refractivity contribution in [1.82, 2.24) is 15.1 Å². The number of carbonyl (C=O) groups excluding carboxylic acids is 1. The molecule has 1 aliphatic heterocycles. The van der Waals surface area contributed by atoms with E-state index < -0.39 is 11.8 Å². The van der Waals surface area contributed by atoms with Crippen LogP contribution in [0, 0.1) is 0 Å². The van der Waals surface area contributed by atoms with Gasteiger partial charge in [-0.05, 0) is 0 Å². The number of H-pyrrole nitrogens is 1. The standard InChI is InChI=1S/C8H9F2N3O/c1-8(9,10)7(14)13-3-5-2-11-12-6(5)4-13/h2H,3-4H2,1H3,(H,11,12). The molecule has 0 aliphatic carbocycles. The van der Waals surface area contributed by atoms with E-state index in [0.717, 1.165) is 16.2 Å². The fraction of sp³-hybridized carbons (Fsp3) is 0.500. The molecule has 0 bridgehead atoms. The Bertz CT molecular complexity index is 348.